The van der Waals surface area contributed by atoms with Crippen LogP contribution in [0.2, 0.25) is 0 Å². The van der Waals surface area contributed by atoms with Gasteiger partial charge in [-0.2, -0.15) is 0 Å². The zero-order valence-electron chi connectivity index (χ0n) is 13.6. The molecule has 1 aliphatic rings. The molecule has 19 heavy (non-hydrogen) atoms. The van der Waals surface area contributed by atoms with Crippen LogP contribution in [0.25, 0.3) is 0 Å². The van der Waals surface area contributed by atoms with Crippen molar-refractivity contribution in [1.29, 1.82) is 0 Å². The van der Waals surface area contributed by atoms with Crippen LogP contribution >= 0.6 is 0 Å². The van der Waals surface area contributed by atoms with E-state index in [1.165, 1.54) is 58.4 Å². The summed E-state index contributed by atoms with van der Waals surface area (Å²) in [6.07, 6.45) is 5.16. The summed E-state index contributed by atoms with van der Waals surface area (Å²) in [6, 6.07) is 1.45. The van der Waals surface area contributed by atoms with Crippen molar-refractivity contribution in [2.24, 2.45) is 0 Å². The molecule has 0 bridgehead atoms. The normalized spacial score (nSPS) is 21.5. The van der Waals surface area contributed by atoms with E-state index >= 15 is 0 Å². The third kappa shape index (κ3) is 6.73. The van der Waals surface area contributed by atoms with Gasteiger partial charge in [0, 0.05) is 38.3 Å². The maximum atomic E-state index is 3.57. The lowest BCUT2D eigenvalue weighted by Crippen LogP contribution is -2.49. The van der Waals surface area contributed by atoms with E-state index in [2.05, 4.69) is 42.8 Å². The molecule has 0 saturated carbocycles. The lowest BCUT2D eigenvalue weighted by molar-refractivity contribution is 0.0991. The van der Waals surface area contributed by atoms with Crippen molar-refractivity contribution in [2.45, 2.75) is 65.5 Å². The summed E-state index contributed by atoms with van der Waals surface area (Å²) in [5, 5.41) is 3.57. The zero-order chi connectivity index (χ0) is 14.1. The molecule has 3 nitrogen and oxygen atoms in total. The third-order valence-corrected chi connectivity index (χ3v) is 4.48. The Balaban J connectivity index is 2.06. The Kier molecular flexibility index (Phi) is 8.67. The minimum atomic E-state index is 0.682. The third-order valence-electron chi connectivity index (χ3n) is 4.48. The highest BCUT2D eigenvalue weighted by atomic mass is 15.3. The first-order valence-corrected chi connectivity index (χ1v) is 8.37. The largest absolute Gasteiger partial charge is 0.314 e. The smallest absolute Gasteiger partial charge is 0.0113 e. The quantitative estimate of drug-likeness (QED) is 0.694. The van der Waals surface area contributed by atoms with Crippen molar-refractivity contribution in [3.05, 3.63) is 0 Å². The molecule has 0 aromatic carbocycles. The van der Waals surface area contributed by atoms with Gasteiger partial charge in [-0.3, -0.25) is 4.90 Å². The number of rotatable bonds is 9. The Morgan fingerprint density at radius 3 is 2.32 bits per heavy atom. The van der Waals surface area contributed by atoms with Crippen LogP contribution in [0.4, 0.5) is 0 Å². The van der Waals surface area contributed by atoms with Gasteiger partial charge in [0.2, 0.25) is 0 Å². The monoisotopic (exact) mass is 269 g/mol. The Labute approximate surface area is 120 Å². The van der Waals surface area contributed by atoms with Gasteiger partial charge in [-0.1, -0.05) is 13.8 Å². The number of hydrogen-bond acceptors (Lipinski definition) is 3. The van der Waals surface area contributed by atoms with E-state index in [1.54, 1.807) is 0 Å². The highest BCUT2D eigenvalue weighted by molar-refractivity contribution is 4.75. The minimum absolute atomic E-state index is 0.682. The summed E-state index contributed by atoms with van der Waals surface area (Å²) in [4.78, 5) is 5.29. The second-order valence-corrected chi connectivity index (χ2v) is 6.13. The summed E-state index contributed by atoms with van der Waals surface area (Å²) >= 11 is 0. The molecule has 1 aliphatic heterocycles. The molecule has 0 aromatic heterocycles. The van der Waals surface area contributed by atoms with E-state index in [4.69, 9.17) is 0 Å². The maximum absolute atomic E-state index is 3.57. The molecule has 0 spiro atoms. The standard InChI is InChI=1S/C16H35N3/c1-5-9-17-15(3)8-7-10-18-11-13-19(14-12-18)16(4)6-2/h15-17H,5-14H2,1-4H3. The van der Waals surface area contributed by atoms with Crippen LogP contribution in [0.5, 0.6) is 0 Å². The van der Waals surface area contributed by atoms with Gasteiger partial charge in [0.25, 0.3) is 0 Å². The van der Waals surface area contributed by atoms with Gasteiger partial charge in [0.1, 0.15) is 0 Å². The van der Waals surface area contributed by atoms with Crippen LogP contribution in [-0.2, 0) is 0 Å². The van der Waals surface area contributed by atoms with Crippen molar-refractivity contribution < 1.29 is 0 Å². The Hall–Kier alpha value is -0.120. The Bertz CT molecular complexity index is 212. The summed E-state index contributed by atoms with van der Waals surface area (Å²) in [5.74, 6) is 0. The lowest BCUT2D eigenvalue weighted by atomic mass is 10.1. The second-order valence-electron chi connectivity index (χ2n) is 6.13. The molecular weight excluding hydrogens is 234 g/mol. The molecule has 1 heterocycles. The number of hydrogen-bond donors (Lipinski definition) is 1. The summed E-state index contributed by atoms with van der Waals surface area (Å²) in [6.45, 7) is 16.7. The van der Waals surface area contributed by atoms with Crippen LogP contribution in [0.3, 0.4) is 0 Å². The molecule has 3 heteroatoms. The first-order chi connectivity index (χ1) is 9.17. The molecule has 0 aromatic rings. The van der Waals surface area contributed by atoms with E-state index in [-0.39, 0.29) is 0 Å². The minimum Gasteiger partial charge on any atom is -0.314 e. The van der Waals surface area contributed by atoms with Crippen LogP contribution in [0, 0.1) is 0 Å². The lowest BCUT2D eigenvalue weighted by Gasteiger charge is -2.38. The molecule has 2 atom stereocenters. The average molecular weight is 269 g/mol. The highest BCUT2D eigenvalue weighted by Crippen LogP contribution is 2.09. The van der Waals surface area contributed by atoms with Crippen molar-refractivity contribution in [3.8, 4) is 0 Å². The van der Waals surface area contributed by atoms with Crippen LogP contribution < -0.4 is 5.32 Å². The maximum Gasteiger partial charge on any atom is 0.0113 e. The summed E-state index contributed by atoms with van der Waals surface area (Å²) in [5.41, 5.74) is 0. The van der Waals surface area contributed by atoms with E-state index in [9.17, 15) is 0 Å². The molecule has 0 aliphatic carbocycles. The Morgan fingerprint density at radius 1 is 1.05 bits per heavy atom. The van der Waals surface area contributed by atoms with E-state index in [0.29, 0.717) is 6.04 Å². The molecule has 1 rings (SSSR count). The van der Waals surface area contributed by atoms with Gasteiger partial charge >= 0.3 is 0 Å². The average Bonchev–Trinajstić information content (AvgIpc) is 2.45. The summed E-state index contributed by atoms with van der Waals surface area (Å²) in [7, 11) is 0. The van der Waals surface area contributed by atoms with Crippen molar-refractivity contribution in [2.75, 3.05) is 39.3 Å². The van der Waals surface area contributed by atoms with Gasteiger partial charge in [-0.05, 0) is 52.6 Å². The van der Waals surface area contributed by atoms with Gasteiger partial charge in [0.05, 0.1) is 0 Å². The molecule has 0 amide bonds. The fraction of sp³-hybridized carbons (Fsp3) is 1.00. The molecule has 1 fully saturated rings. The topological polar surface area (TPSA) is 18.5 Å². The van der Waals surface area contributed by atoms with E-state index in [1.807, 2.05) is 0 Å². The zero-order valence-corrected chi connectivity index (χ0v) is 13.6. The highest BCUT2D eigenvalue weighted by Gasteiger charge is 2.19. The molecule has 2 unspecified atom stereocenters. The number of nitrogens with one attached hydrogen (secondary N) is 1. The summed E-state index contributed by atoms with van der Waals surface area (Å²) < 4.78 is 0. The molecule has 1 N–H and O–H groups in total. The molecule has 1 saturated heterocycles. The molecular formula is C16H35N3. The van der Waals surface area contributed by atoms with Crippen molar-refractivity contribution >= 4 is 0 Å². The van der Waals surface area contributed by atoms with Crippen LogP contribution in [-0.4, -0.2) is 61.2 Å². The van der Waals surface area contributed by atoms with E-state index in [0.717, 1.165) is 12.6 Å². The SMILES string of the molecule is CCCNC(C)CCCN1CCN(C(C)CC)CC1. The van der Waals surface area contributed by atoms with Crippen LogP contribution in [0.15, 0.2) is 0 Å². The first kappa shape index (κ1) is 16.9. The van der Waals surface area contributed by atoms with Gasteiger partial charge < -0.3 is 10.2 Å². The molecule has 114 valence electrons. The Morgan fingerprint density at radius 2 is 1.74 bits per heavy atom. The second kappa shape index (κ2) is 9.73. The fourth-order valence-electron chi connectivity index (χ4n) is 2.80. The number of piperazine rings is 1. The van der Waals surface area contributed by atoms with Gasteiger partial charge in [0.15, 0.2) is 0 Å². The first-order valence-electron chi connectivity index (χ1n) is 8.37. The van der Waals surface area contributed by atoms with Gasteiger partial charge in [-0.15, -0.1) is 0 Å². The van der Waals surface area contributed by atoms with Crippen molar-refractivity contribution in [1.82, 2.24) is 15.1 Å². The fourth-order valence-corrected chi connectivity index (χ4v) is 2.80. The van der Waals surface area contributed by atoms with E-state index < -0.39 is 0 Å². The van der Waals surface area contributed by atoms with Crippen molar-refractivity contribution in [3.63, 3.8) is 0 Å². The molecule has 0 radical (unpaired) electrons. The van der Waals surface area contributed by atoms with Gasteiger partial charge in [-0.25, -0.2) is 0 Å². The predicted octanol–water partition coefficient (Wildman–Crippen LogP) is 2.57. The predicted molar refractivity (Wildman–Crippen MR) is 84.8 cm³/mol. The number of nitrogens with zero attached hydrogens (tertiary/aromatic N) is 2. The van der Waals surface area contributed by atoms with Crippen LogP contribution in [0.1, 0.15) is 53.4 Å².